The Bertz CT molecular complexity index is 243. The summed E-state index contributed by atoms with van der Waals surface area (Å²) in [4.78, 5) is 24.1. The molecule has 0 saturated carbocycles. The van der Waals surface area contributed by atoms with Gasteiger partial charge in [-0.15, -0.1) is 0 Å². The molecule has 1 aliphatic rings. The fourth-order valence-corrected chi connectivity index (χ4v) is 1.80. The van der Waals surface area contributed by atoms with Gasteiger partial charge in [-0.25, -0.2) is 0 Å². The van der Waals surface area contributed by atoms with Gasteiger partial charge in [0.2, 0.25) is 5.91 Å². The lowest BCUT2D eigenvalue weighted by atomic mass is 9.98. The number of nitrogens with one attached hydrogen (secondary N) is 1. The molecule has 1 atom stereocenters. The highest BCUT2D eigenvalue weighted by Crippen LogP contribution is 2.17. The zero-order valence-electron chi connectivity index (χ0n) is 9.03. The minimum atomic E-state index is -0.791. The SMILES string of the molecule is CNCCC(=O)N1CCC[C@H](C(=O)O)C1. The number of piperidine rings is 1. The number of carboxylic acids is 1. The fraction of sp³-hybridized carbons (Fsp3) is 0.800. The number of carbonyl (C=O) groups excluding carboxylic acids is 1. The van der Waals surface area contributed by atoms with Crippen LogP contribution in [0.2, 0.25) is 0 Å². The summed E-state index contributed by atoms with van der Waals surface area (Å²) in [5.74, 6) is -1.12. The summed E-state index contributed by atoms with van der Waals surface area (Å²) >= 11 is 0. The van der Waals surface area contributed by atoms with Crippen molar-refractivity contribution < 1.29 is 14.7 Å². The van der Waals surface area contributed by atoms with Crippen molar-refractivity contribution in [1.82, 2.24) is 10.2 Å². The number of likely N-dealkylation sites (tertiary alicyclic amines) is 1. The summed E-state index contributed by atoms with van der Waals surface area (Å²) in [7, 11) is 1.80. The van der Waals surface area contributed by atoms with E-state index in [1.807, 2.05) is 0 Å². The third-order valence-electron chi connectivity index (χ3n) is 2.71. The van der Waals surface area contributed by atoms with E-state index in [4.69, 9.17) is 5.11 Å². The summed E-state index contributed by atoms with van der Waals surface area (Å²) in [6.07, 6.45) is 1.93. The van der Waals surface area contributed by atoms with E-state index in [0.29, 0.717) is 32.5 Å². The Morgan fingerprint density at radius 3 is 2.87 bits per heavy atom. The van der Waals surface area contributed by atoms with Crippen molar-refractivity contribution in [3.63, 3.8) is 0 Å². The molecule has 5 heteroatoms. The predicted octanol–water partition coefficient (Wildman–Crippen LogP) is -0.0809. The molecular weight excluding hydrogens is 196 g/mol. The third kappa shape index (κ3) is 3.51. The second-order valence-electron chi connectivity index (χ2n) is 3.87. The Balaban J connectivity index is 2.41. The van der Waals surface area contributed by atoms with Crippen LogP contribution in [-0.4, -0.2) is 48.6 Å². The van der Waals surface area contributed by atoms with Crippen molar-refractivity contribution in [2.24, 2.45) is 5.92 Å². The van der Waals surface area contributed by atoms with Crippen LogP contribution in [0.1, 0.15) is 19.3 Å². The van der Waals surface area contributed by atoms with Gasteiger partial charge in [-0.1, -0.05) is 0 Å². The largest absolute Gasteiger partial charge is 0.481 e. The van der Waals surface area contributed by atoms with Gasteiger partial charge in [-0.05, 0) is 19.9 Å². The monoisotopic (exact) mass is 214 g/mol. The van der Waals surface area contributed by atoms with Crippen LogP contribution >= 0.6 is 0 Å². The molecule has 2 N–H and O–H groups in total. The van der Waals surface area contributed by atoms with E-state index >= 15 is 0 Å². The maximum atomic E-state index is 11.6. The molecule has 0 unspecified atom stereocenters. The normalized spacial score (nSPS) is 21.4. The summed E-state index contributed by atoms with van der Waals surface area (Å²) in [5.41, 5.74) is 0. The van der Waals surface area contributed by atoms with Gasteiger partial charge < -0.3 is 15.3 Å². The van der Waals surface area contributed by atoms with Crippen LogP contribution in [0.4, 0.5) is 0 Å². The van der Waals surface area contributed by atoms with E-state index in [-0.39, 0.29) is 11.8 Å². The Morgan fingerprint density at radius 1 is 1.53 bits per heavy atom. The number of nitrogens with zero attached hydrogens (tertiary/aromatic N) is 1. The van der Waals surface area contributed by atoms with Crippen LogP contribution in [0, 0.1) is 5.92 Å². The van der Waals surface area contributed by atoms with Crippen molar-refractivity contribution in [3.8, 4) is 0 Å². The number of hydrogen-bond acceptors (Lipinski definition) is 3. The maximum absolute atomic E-state index is 11.6. The highest BCUT2D eigenvalue weighted by atomic mass is 16.4. The van der Waals surface area contributed by atoms with Crippen molar-refractivity contribution in [2.75, 3.05) is 26.7 Å². The fourth-order valence-electron chi connectivity index (χ4n) is 1.80. The average Bonchev–Trinajstić information content (AvgIpc) is 2.26. The molecule has 1 amide bonds. The van der Waals surface area contributed by atoms with Crippen LogP contribution in [0.3, 0.4) is 0 Å². The first kappa shape index (κ1) is 12.0. The highest BCUT2D eigenvalue weighted by Gasteiger charge is 2.27. The van der Waals surface area contributed by atoms with Crippen molar-refractivity contribution in [1.29, 1.82) is 0 Å². The van der Waals surface area contributed by atoms with E-state index in [9.17, 15) is 9.59 Å². The molecule has 1 rings (SSSR count). The van der Waals surface area contributed by atoms with E-state index in [1.54, 1.807) is 11.9 Å². The van der Waals surface area contributed by atoms with E-state index < -0.39 is 5.97 Å². The number of carboxylic acid groups (broad SMARTS) is 1. The van der Waals surface area contributed by atoms with Crippen molar-refractivity contribution in [2.45, 2.75) is 19.3 Å². The predicted molar refractivity (Wildman–Crippen MR) is 55.5 cm³/mol. The first-order chi connectivity index (χ1) is 7.15. The zero-order valence-corrected chi connectivity index (χ0v) is 9.03. The summed E-state index contributed by atoms with van der Waals surface area (Å²) in [6, 6.07) is 0. The number of rotatable bonds is 4. The molecule has 1 fully saturated rings. The molecule has 0 aromatic heterocycles. The van der Waals surface area contributed by atoms with Gasteiger partial charge in [0.25, 0.3) is 0 Å². The van der Waals surface area contributed by atoms with Crippen molar-refractivity contribution >= 4 is 11.9 Å². The minimum Gasteiger partial charge on any atom is -0.481 e. The second-order valence-corrected chi connectivity index (χ2v) is 3.87. The van der Waals surface area contributed by atoms with Gasteiger partial charge in [0.1, 0.15) is 0 Å². The Labute approximate surface area is 89.4 Å². The molecule has 0 aromatic rings. The van der Waals surface area contributed by atoms with Crippen LogP contribution in [-0.2, 0) is 9.59 Å². The van der Waals surface area contributed by atoms with Gasteiger partial charge >= 0.3 is 5.97 Å². The molecule has 5 nitrogen and oxygen atoms in total. The number of carbonyl (C=O) groups is 2. The van der Waals surface area contributed by atoms with Crippen LogP contribution < -0.4 is 5.32 Å². The summed E-state index contributed by atoms with van der Waals surface area (Å²) in [5, 5.41) is 11.8. The van der Waals surface area contributed by atoms with Gasteiger partial charge in [0.15, 0.2) is 0 Å². The minimum absolute atomic E-state index is 0.0512. The van der Waals surface area contributed by atoms with Crippen LogP contribution in [0.25, 0.3) is 0 Å². The highest BCUT2D eigenvalue weighted by molar-refractivity contribution is 5.78. The smallest absolute Gasteiger partial charge is 0.308 e. The van der Waals surface area contributed by atoms with Crippen LogP contribution in [0.15, 0.2) is 0 Å². The molecule has 1 aliphatic heterocycles. The second kappa shape index (κ2) is 5.70. The van der Waals surface area contributed by atoms with Gasteiger partial charge in [0.05, 0.1) is 5.92 Å². The molecule has 0 aromatic carbocycles. The van der Waals surface area contributed by atoms with Crippen molar-refractivity contribution in [3.05, 3.63) is 0 Å². The van der Waals surface area contributed by atoms with E-state index in [0.717, 1.165) is 6.42 Å². The summed E-state index contributed by atoms with van der Waals surface area (Å²) in [6.45, 7) is 1.72. The number of amides is 1. The third-order valence-corrected chi connectivity index (χ3v) is 2.71. The topological polar surface area (TPSA) is 69.6 Å². The molecule has 0 radical (unpaired) electrons. The average molecular weight is 214 g/mol. The number of hydrogen-bond donors (Lipinski definition) is 2. The Kier molecular flexibility index (Phi) is 4.55. The first-order valence-electron chi connectivity index (χ1n) is 5.30. The molecule has 0 spiro atoms. The van der Waals surface area contributed by atoms with Gasteiger partial charge in [-0.2, -0.15) is 0 Å². The molecule has 1 saturated heterocycles. The lowest BCUT2D eigenvalue weighted by molar-refractivity contribution is -0.145. The van der Waals surface area contributed by atoms with E-state index in [1.165, 1.54) is 0 Å². The lowest BCUT2D eigenvalue weighted by Crippen LogP contribution is -2.42. The Morgan fingerprint density at radius 2 is 2.27 bits per heavy atom. The van der Waals surface area contributed by atoms with E-state index in [2.05, 4.69) is 5.32 Å². The lowest BCUT2D eigenvalue weighted by Gasteiger charge is -2.30. The molecule has 86 valence electrons. The molecule has 1 heterocycles. The first-order valence-corrected chi connectivity index (χ1v) is 5.30. The number of aliphatic carboxylic acids is 1. The summed E-state index contributed by atoms with van der Waals surface area (Å²) < 4.78 is 0. The van der Waals surface area contributed by atoms with Gasteiger partial charge in [-0.3, -0.25) is 9.59 Å². The Hall–Kier alpha value is -1.10. The van der Waals surface area contributed by atoms with Crippen LogP contribution in [0.5, 0.6) is 0 Å². The van der Waals surface area contributed by atoms with Gasteiger partial charge in [0, 0.05) is 26.1 Å². The zero-order chi connectivity index (χ0) is 11.3. The molecule has 15 heavy (non-hydrogen) atoms. The molecule has 0 aliphatic carbocycles. The quantitative estimate of drug-likeness (QED) is 0.686. The molecular formula is C10H18N2O3. The molecule has 0 bridgehead atoms. The standard InChI is InChI=1S/C10H18N2O3/c1-11-5-4-9(13)12-6-2-3-8(7-12)10(14)15/h8,11H,2-7H2,1H3,(H,14,15)/t8-/m0/s1. The maximum Gasteiger partial charge on any atom is 0.308 e.